The number of nitrogens with zero attached hydrogens (tertiary/aromatic N) is 5. The number of hydrogen-bond donors (Lipinski definition) is 0. The second-order valence-electron chi connectivity index (χ2n) is 7.40. The zero-order chi connectivity index (χ0) is 17.6. The second-order valence-corrected chi connectivity index (χ2v) is 7.40. The third kappa shape index (κ3) is 3.01. The Morgan fingerprint density at radius 3 is 2.56 bits per heavy atom. The van der Waals surface area contributed by atoms with E-state index >= 15 is 0 Å². The average Bonchev–Trinajstić information content (AvgIpc) is 3.25. The SMILES string of the molecule is CC(C)(C)c1nnc(N2Cc3cnn(Cc4ccc(F)cc4)c3C2)o1. The van der Waals surface area contributed by atoms with Crippen LogP contribution in [0.5, 0.6) is 0 Å². The summed E-state index contributed by atoms with van der Waals surface area (Å²) in [5.74, 6) is 0.401. The van der Waals surface area contributed by atoms with Crippen molar-refractivity contribution in [2.75, 3.05) is 4.90 Å². The molecule has 1 aromatic carbocycles. The summed E-state index contributed by atoms with van der Waals surface area (Å²) < 4.78 is 20.8. The van der Waals surface area contributed by atoms with Crippen LogP contribution in [0.25, 0.3) is 0 Å². The van der Waals surface area contributed by atoms with Gasteiger partial charge in [0.1, 0.15) is 5.82 Å². The monoisotopic (exact) mass is 341 g/mol. The lowest BCUT2D eigenvalue weighted by molar-refractivity contribution is 0.391. The maximum Gasteiger partial charge on any atom is 0.318 e. The molecule has 0 spiro atoms. The molecule has 0 N–H and O–H groups in total. The Bertz CT molecular complexity index is 891. The van der Waals surface area contributed by atoms with E-state index in [1.165, 1.54) is 12.1 Å². The number of aromatic nitrogens is 4. The molecule has 0 bridgehead atoms. The largest absolute Gasteiger partial charge is 0.407 e. The van der Waals surface area contributed by atoms with Crippen molar-refractivity contribution in [3.05, 3.63) is 59.0 Å². The second kappa shape index (κ2) is 5.68. The number of benzene rings is 1. The van der Waals surface area contributed by atoms with Gasteiger partial charge in [-0.05, 0) is 17.7 Å². The first-order valence-electron chi connectivity index (χ1n) is 8.27. The van der Waals surface area contributed by atoms with Crippen LogP contribution in [0.1, 0.15) is 43.5 Å². The summed E-state index contributed by atoms with van der Waals surface area (Å²) in [5.41, 5.74) is 3.12. The molecule has 7 heteroatoms. The number of hydrogen-bond acceptors (Lipinski definition) is 5. The van der Waals surface area contributed by atoms with Crippen LogP contribution >= 0.6 is 0 Å². The molecule has 130 valence electrons. The molecule has 3 heterocycles. The van der Waals surface area contributed by atoms with Crippen molar-refractivity contribution in [3.63, 3.8) is 0 Å². The highest BCUT2D eigenvalue weighted by Gasteiger charge is 2.29. The van der Waals surface area contributed by atoms with Gasteiger partial charge < -0.3 is 9.32 Å². The molecule has 0 saturated carbocycles. The van der Waals surface area contributed by atoms with E-state index in [1.54, 1.807) is 12.1 Å². The molecular formula is C18H20FN5O. The first kappa shape index (κ1) is 15.8. The van der Waals surface area contributed by atoms with E-state index < -0.39 is 0 Å². The molecule has 6 nitrogen and oxygen atoms in total. The molecular weight excluding hydrogens is 321 g/mol. The Morgan fingerprint density at radius 2 is 1.88 bits per heavy atom. The number of fused-ring (bicyclic) bond motifs is 1. The number of halogens is 1. The molecule has 0 unspecified atom stereocenters. The van der Waals surface area contributed by atoms with Gasteiger partial charge in [-0.15, -0.1) is 5.10 Å². The van der Waals surface area contributed by atoms with Crippen LogP contribution in [0.15, 0.2) is 34.9 Å². The summed E-state index contributed by atoms with van der Waals surface area (Å²) in [5, 5.41) is 12.8. The maximum atomic E-state index is 13.1. The van der Waals surface area contributed by atoms with Crippen molar-refractivity contribution >= 4 is 6.01 Å². The first-order valence-corrected chi connectivity index (χ1v) is 8.27. The van der Waals surface area contributed by atoms with E-state index in [9.17, 15) is 4.39 Å². The van der Waals surface area contributed by atoms with Gasteiger partial charge in [-0.25, -0.2) is 4.39 Å². The molecule has 25 heavy (non-hydrogen) atoms. The minimum Gasteiger partial charge on any atom is -0.407 e. The summed E-state index contributed by atoms with van der Waals surface area (Å²) in [6, 6.07) is 7.04. The molecule has 0 radical (unpaired) electrons. The normalized spacial score (nSPS) is 14.2. The lowest BCUT2D eigenvalue weighted by Gasteiger charge is -2.14. The standard InChI is InChI=1S/C18H20FN5O/c1-18(2,3)16-21-22-17(25-16)23-10-13-8-20-24(15(13)11-23)9-12-4-6-14(19)7-5-12/h4-8H,9-11H2,1-3H3. The average molecular weight is 341 g/mol. The quantitative estimate of drug-likeness (QED) is 0.732. The van der Waals surface area contributed by atoms with Crippen LogP contribution in [-0.4, -0.2) is 20.0 Å². The summed E-state index contributed by atoms with van der Waals surface area (Å²) in [7, 11) is 0. The van der Waals surface area contributed by atoms with Crippen LogP contribution in [0.3, 0.4) is 0 Å². The molecule has 0 atom stereocenters. The van der Waals surface area contributed by atoms with Crippen molar-refractivity contribution in [1.29, 1.82) is 0 Å². The third-order valence-corrected chi connectivity index (χ3v) is 4.31. The van der Waals surface area contributed by atoms with Gasteiger partial charge in [-0.1, -0.05) is 38.0 Å². The fourth-order valence-corrected chi connectivity index (χ4v) is 2.89. The van der Waals surface area contributed by atoms with Crippen molar-refractivity contribution in [2.24, 2.45) is 0 Å². The fourth-order valence-electron chi connectivity index (χ4n) is 2.89. The lowest BCUT2D eigenvalue weighted by Crippen LogP contribution is -2.17. The van der Waals surface area contributed by atoms with Gasteiger partial charge in [0.2, 0.25) is 5.89 Å². The van der Waals surface area contributed by atoms with Gasteiger partial charge in [0, 0.05) is 11.0 Å². The summed E-state index contributed by atoms with van der Waals surface area (Å²) in [6.07, 6.45) is 1.87. The highest BCUT2D eigenvalue weighted by Crippen LogP contribution is 2.30. The van der Waals surface area contributed by atoms with Gasteiger partial charge in [0.05, 0.1) is 31.5 Å². The Morgan fingerprint density at radius 1 is 1.12 bits per heavy atom. The number of anilines is 1. The molecule has 2 aromatic heterocycles. The topological polar surface area (TPSA) is 60.0 Å². The van der Waals surface area contributed by atoms with Crippen LogP contribution in [-0.2, 0) is 25.0 Å². The zero-order valence-electron chi connectivity index (χ0n) is 14.5. The van der Waals surface area contributed by atoms with E-state index in [2.05, 4.69) is 20.2 Å². The minimum atomic E-state index is -0.230. The van der Waals surface area contributed by atoms with E-state index in [0.29, 0.717) is 31.5 Å². The van der Waals surface area contributed by atoms with Gasteiger partial charge in [0.15, 0.2) is 0 Å². The van der Waals surface area contributed by atoms with Crippen molar-refractivity contribution in [1.82, 2.24) is 20.0 Å². The molecule has 3 aromatic rings. The van der Waals surface area contributed by atoms with E-state index in [1.807, 2.05) is 31.6 Å². The van der Waals surface area contributed by atoms with Gasteiger partial charge in [-0.2, -0.15) is 5.10 Å². The Hall–Kier alpha value is -2.70. The third-order valence-electron chi connectivity index (χ3n) is 4.31. The van der Waals surface area contributed by atoms with Crippen LogP contribution in [0.2, 0.25) is 0 Å². The predicted molar refractivity (Wildman–Crippen MR) is 90.6 cm³/mol. The van der Waals surface area contributed by atoms with E-state index in [0.717, 1.165) is 16.8 Å². The summed E-state index contributed by atoms with van der Waals surface area (Å²) >= 11 is 0. The smallest absolute Gasteiger partial charge is 0.318 e. The lowest BCUT2D eigenvalue weighted by atomic mass is 9.97. The summed E-state index contributed by atoms with van der Waals surface area (Å²) in [4.78, 5) is 2.05. The van der Waals surface area contributed by atoms with Crippen molar-refractivity contribution in [3.8, 4) is 0 Å². The highest BCUT2D eigenvalue weighted by molar-refractivity contribution is 5.38. The molecule has 1 aliphatic rings. The Labute approximate surface area is 145 Å². The number of rotatable bonds is 3. The van der Waals surface area contributed by atoms with Gasteiger partial charge in [-0.3, -0.25) is 4.68 Å². The minimum absolute atomic E-state index is 0.169. The molecule has 0 aliphatic carbocycles. The molecule has 0 fully saturated rings. The Balaban J connectivity index is 1.52. The van der Waals surface area contributed by atoms with Crippen LogP contribution in [0, 0.1) is 5.82 Å². The summed E-state index contributed by atoms with van der Waals surface area (Å²) in [6.45, 7) is 8.12. The van der Waals surface area contributed by atoms with Crippen LogP contribution < -0.4 is 4.90 Å². The van der Waals surface area contributed by atoms with Crippen LogP contribution in [0.4, 0.5) is 10.4 Å². The van der Waals surface area contributed by atoms with Crippen molar-refractivity contribution < 1.29 is 8.81 Å². The molecule has 4 rings (SSSR count). The van der Waals surface area contributed by atoms with E-state index in [4.69, 9.17) is 4.42 Å². The maximum absolute atomic E-state index is 13.1. The zero-order valence-corrected chi connectivity index (χ0v) is 14.5. The molecule has 0 saturated heterocycles. The fraction of sp³-hybridized carbons (Fsp3) is 0.389. The van der Waals surface area contributed by atoms with Gasteiger partial charge >= 0.3 is 6.01 Å². The molecule has 1 aliphatic heterocycles. The highest BCUT2D eigenvalue weighted by atomic mass is 19.1. The van der Waals surface area contributed by atoms with E-state index in [-0.39, 0.29) is 11.2 Å². The van der Waals surface area contributed by atoms with Gasteiger partial charge in [0.25, 0.3) is 0 Å². The van der Waals surface area contributed by atoms with Crippen molar-refractivity contribution in [2.45, 2.75) is 45.8 Å². The predicted octanol–water partition coefficient (Wildman–Crippen LogP) is 3.27. The molecule has 0 amide bonds. The first-order chi connectivity index (χ1) is 11.9. The Kier molecular flexibility index (Phi) is 3.59.